The predicted octanol–water partition coefficient (Wildman–Crippen LogP) is 3.80. The molecule has 24 heavy (non-hydrogen) atoms. The van der Waals surface area contributed by atoms with Gasteiger partial charge in [0, 0.05) is 5.56 Å². The number of benzene rings is 2. The van der Waals surface area contributed by atoms with Crippen LogP contribution in [0.15, 0.2) is 66.4 Å². The molecule has 4 nitrogen and oxygen atoms in total. The molecule has 0 bridgehead atoms. The lowest BCUT2D eigenvalue weighted by Crippen LogP contribution is -2.32. The molecule has 0 aliphatic carbocycles. The maximum absolute atomic E-state index is 12.4. The summed E-state index contributed by atoms with van der Waals surface area (Å²) in [5.41, 5.74) is 0.723. The smallest absolute Gasteiger partial charge is 0.355 e. The number of rotatable bonds is 4. The summed E-state index contributed by atoms with van der Waals surface area (Å²) in [6.07, 6.45) is 1.61. The molecular formula is C20H21NO3. The lowest BCUT2D eigenvalue weighted by atomic mass is 10.1. The van der Waals surface area contributed by atoms with Crippen molar-refractivity contribution >= 4 is 18.0 Å². The Labute approximate surface area is 142 Å². The first-order valence-electron chi connectivity index (χ1n) is 7.72. The summed E-state index contributed by atoms with van der Waals surface area (Å²) < 4.78 is 5.39. The molecule has 124 valence electrons. The maximum atomic E-state index is 12.4. The molecule has 2 rings (SSSR count). The van der Waals surface area contributed by atoms with Crippen molar-refractivity contribution in [1.29, 1.82) is 0 Å². The van der Waals surface area contributed by atoms with Gasteiger partial charge in [0.2, 0.25) is 0 Å². The Morgan fingerprint density at radius 3 is 2.00 bits per heavy atom. The zero-order valence-electron chi connectivity index (χ0n) is 14.1. The number of nitrogens with one attached hydrogen (secondary N) is 1. The molecule has 0 atom stereocenters. The molecule has 0 saturated carbocycles. The SMILES string of the molecule is CC(C)(C)OC(=O)/C(=C/c1ccccc1)NC(=O)c1ccccc1. The first-order chi connectivity index (χ1) is 11.3. The van der Waals surface area contributed by atoms with Gasteiger partial charge in [0.1, 0.15) is 11.3 Å². The maximum Gasteiger partial charge on any atom is 0.355 e. The number of ether oxygens (including phenoxy) is 1. The van der Waals surface area contributed by atoms with Crippen molar-refractivity contribution < 1.29 is 14.3 Å². The minimum absolute atomic E-state index is 0.102. The van der Waals surface area contributed by atoms with E-state index in [1.807, 2.05) is 36.4 Å². The van der Waals surface area contributed by atoms with E-state index in [2.05, 4.69) is 5.32 Å². The van der Waals surface area contributed by atoms with E-state index in [1.165, 1.54) is 0 Å². The molecule has 1 amide bonds. The van der Waals surface area contributed by atoms with Gasteiger partial charge in [-0.05, 0) is 44.5 Å². The number of carbonyl (C=O) groups excluding carboxylic acids is 2. The third-order valence-electron chi connectivity index (χ3n) is 3.01. The highest BCUT2D eigenvalue weighted by Gasteiger charge is 2.21. The zero-order chi connectivity index (χ0) is 17.6. The van der Waals surface area contributed by atoms with Crippen molar-refractivity contribution in [2.45, 2.75) is 26.4 Å². The van der Waals surface area contributed by atoms with Crippen LogP contribution >= 0.6 is 0 Å². The fourth-order valence-corrected chi connectivity index (χ4v) is 1.98. The van der Waals surface area contributed by atoms with Gasteiger partial charge in [-0.2, -0.15) is 0 Å². The lowest BCUT2D eigenvalue weighted by molar-refractivity contribution is -0.150. The number of esters is 1. The Morgan fingerprint density at radius 2 is 1.46 bits per heavy atom. The van der Waals surface area contributed by atoms with Gasteiger partial charge in [0.05, 0.1) is 0 Å². The summed E-state index contributed by atoms with van der Waals surface area (Å²) in [4.78, 5) is 24.8. The molecule has 0 spiro atoms. The van der Waals surface area contributed by atoms with Gasteiger partial charge in [0.15, 0.2) is 0 Å². The van der Waals surface area contributed by atoms with Gasteiger partial charge in [-0.15, -0.1) is 0 Å². The Morgan fingerprint density at radius 1 is 0.917 bits per heavy atom. The molecule has 2 aromatic carbocycles. The average Bonchev–Trinajstić information content (AvgIpc) is 2.54. The van der Waals surface area contributed by atoms with E-state index in [-0.39, 0.29) is 11.6 Å². The van der Waals surface area contributed by atoms with Gasteiger partial charge in [-0.3, -0.25) is 4.79 Å². The van der Waals surface area contributed by atoms with Crippen LogP contribution in [0, 0.1) is 0 Å². The van der Waals surface area contributed by atoms with Crippen LogP contribution in [0.3, 0.4) is 0 Å². The van der Waals surface area contributed by atoms with E-state index < -0.39 is 11.6 Å². The molecule has 0 radical (unpaired) electrons. The van der Waals surface area contributed by atoms with Crippen molar-refractivity contribution in [3.63, 3.8) is 0 Å². The minimum atomic E-state index is -0.648. The quantitative estimate of drug-likeness (QED) is 0.688. The summed E-state index contributed by atoms with van der Waals surface area (Å²) in [6, 6.07) is 18.0. The normalized spacial score (nSPS) is 11.7. The first kappa shape index (κ1) is 17.5. The van der Waals surface area contributed by atoms with Crippen LogP contribution in [0.2, 0.25) is 0 Å². The number of amides is 1. The zero-order valence-corrected chi connectivity index (χ0v) is 14.1. The van der Waals surface area contributed by atoms with Crippen LogP contribution in [0.25, 0.3) is 6.08 Å². The highest BCUT2D eigenvalue weighted by molar-refractivity contribution is 6.03. The van der Waals surface area contributed by atoms with Crippen LogP contribution < -0.4 is 5.32 Å². The van der Waals surface area contributed by atoms with E-state index in [9.17, 15) is 9.59 Å². The van der Waals surface area contributed by atoms with Crippen molar-refractivity contribution in [2.24, 2.45) is 0 Å². The molecule has 0 fully saturated rings. The van der Waals surface area contributed by atoms with E-state index in [0.29, 0.717) is 5.56 Å². The first-order valence-corrected chi connectivity index (χ1v) is 7.72. The van der Waals surface area contributed by atoms with Crippen LogP contribution in [0.1, 0.15) is 36.7 Å². The molecule has 0 heterocycles. The van der Waals surface area contributed by atoms with Crippen molar-refractivity contribution in [1.82, 2.24) is 5.32 Å². The van der Waals surface area contributed by atoms with Gasteiger partial charge in [0.25, 0.3) is 5.91 Å². The van der Waals surface area contributed by atoms with Crippen molar-refractivity contribution in [3.8, 4) is 0 Å². The fourth-order valence-electron chi connectivity index (χ4n) is 1.98. The summed E-state index contributed by atoms with van der Waals surface area (Å²) >= 11 is 0. The number of carbonyl (C=O) groups is 2. The third kappa shape index (κ3) is 5.39. The average molecular weight is 323 g/mol. The topological polar surface area (TPSA) is 55.4 Å². The van der Waals surface area contributed by atoms with Gasteiger partial charge in [-0.25, -0.2) is 4.79 Å². The van der Waals surface area contributed by atoms with Crippen molar-refractivity contribution in [2.75, 3.05) is 0 Å². The monoisotopic (exact) mass is 323 g/mol. The lowest BCUT2D eigenvalue weighted by Gasteiger charge is -2.21. The fraction of sp³-hybridized carbons (Fsp3) is 0.200. The summed E-state index contributed by atoms with van der Waals surface area (Å²) in [6.45, 7) is 5.35. The second kappa shape index (κ2) is 7.59. The summed E-state index contributed by atoms with van der Waals surface area (Å²) in [5, 5.41) is 2.65. The van der Waals surface area contributed by atoms with Crippen LogP contribution in [-0.2, 0) is 9.53 Å². The van der Waals surface area contributed by atoms with E-state index in [4.69, 9.17) is 4.74 Å². The largest absolute Gasteiger partial charge is 0.455 e. The standard InChI is InChI=1S/C20H21NO3/c1-20(2,3)24-19(23)17(14-15-10-6-4-7-11-15)21-18(22)16-12-8-5-9-13-16/h4-14H,1-3H3,(H,21,22)/b17-14-. The van der Waals surface area contributed by atoms with E-state index in [0.717, 1.165) is 5.56 Å². The molecule has 0 aliphatic heterocycles. The van der Waals surface area contributed by atoms with Gasteiger partial charge >= 0.3 is 5.97 Å². The predicted molar refractivity (Wildman–Crippen MR) is 94.2 cm³/mol. The Balaban J connectivity index is 2.27. The van der Waals surface area contributed by atoms with Crippen LogP contribution in [0.4, 0.5) is 0 Å². The van der Waals surface area contributed by atoms with E-state index in [1.54, 1.807) is 51.1 Å². The third-order valence-corrected chi connectivity index (χ3v) is 3.01. The minimum Gasteiger partial charge on any atom is -0.455 e. The molecule has 0 unspecified atom stereocenters. The van der Waals surface area contributed by atoms with Crippen molar-refractivity contribution in [3.05, 3.63) is 77.5 Å². The number of hydrogen-bond acceptors (Lipinski definition) is 3. The second-order valence-electron chi connectivity index (χ2n) is 6.29. The summed E-state index contributed by atoms with van der Waals surface area (Å²) in [5.74, 6) is -0.931. The molecule has 1 N–H and O–H groups in total. The molecule has 0 aromatic heterocycles. The Hall–Kier alpha value is -2.88. The molecular weight excluding hydrogens is 302 g/mol. The summed E-state index contributed by atoms with van der Waals surface area (Å²) in [7, 11) is 0. The Bertz CT molecular complexity index is 728. The molecule has 4 heteroatoms. The highest BCUT2D eigenvalue weighted by Crippen LogP contribution is 2.13. The van der Waals surface area contributed by atoms with Crippen LogP contribution in [0.5, 0.6) is 0 Å². The molecule has 2 aromatic rings. The van der Waals surface area contributed by atoms with Gasteiger partial charge < -0.3 is 10.1 Å². The second-order valence-corrected chi connectivity index (χ2v) is 6.29. The molecule has 0 saturated heterocycles. The van der Waals surface area contributed by atoms with Gasteiger partial charge in [-0.1, -0.05) is 48.5 Å². The highest BCUT2D eigenvalue weighted by atomic mass is 16.6. The molecule has 0 aliphatic rings. The number of hydrogen-bond donors (Lipinski definition) is 1. The van der Waals surface area contributed by atoms with E-state index >= 15 is 0 Å². The van der Waals surface area contributed by atoms with Crippen LogP contribution in [-0.4, -0.2) is 17.5 Å². The Kier molecular flexibility index (Phi) is 5.53.